The minimum Gasteiger partial charge on any atom is -0.481 e. The number of aromatic nitrogens is 1. The molecule has 0 amide bonds. The van der Waals surface area contributed by atoms with Gasteiger partial charge in [-0.1, -0.05) is 60.6 Å². The third-order valence-electron chi connectivity index (χ3n) is 6.97. The summed E-state index contributed by atoms with van der Waals surface area (Å²) in [6.45, 7) is 4.14. The second-order valence-electron chi connectivity index (χ2n) is 9.01. The van der Waals surface area contributed by atoms with Crippen LogP contribution in [0.1, 0.15) is 22.3 Å². The van der Waals surface area contributed by atoms with Gasteiger partial charge in [-0.3, -0.25) is 4.99 Å². The molecule has 6 bridgehead atoms. The molecule has 1 aliphatic heterocycles. The Morgan fingerprint density at radius 3 is 2.63 bits per heavy atom. The number of aliphatic hydroxyl groups is 1. The highest BCUT2D eigenvalue weighted by atomic mass is 35.5. The van der Waals surface area contributed by atoms with Crippen LogP contribution >= 0.6 is 11.6 Å². The Kier molecular flexibility index (Phi) is 5.10. The minimum absolute atomic E-state index is 0.545. The number of hydrogen-bond donors (Lipinski definition) is 1. The van der Waals surface area contributed by atoms with E-state index in [0.29, 0.717) is 27.6 Å². The molecule has 2 aliphatic rings. The lowest BCUT2D eigenvalue weighted by Crippen LogP contribution is -2.30. The normalized spacial score (nSPS) is 18.7. The molecule has 1 atom stereocenters. The lowest BCUT2D eigenvalue weighted by atomic mass is 9.77. The SMILES string of the molecule is C=C1C=NC=C1C1(O)c2ccc(Cl)c(c2)CCc2cccc(c2)-c2cc(OC)nc3ccc1cc23. The number of ether oxygens (including phenoxy) is 1. The van der Waals surface area contributed by atoms with Crippen molar-refractivity contribution < 1.29 is 9.84 Å². The van der Waals surface area contributed by atoms with Gasteiger partial charge < -0.3 is 9.84 Å². The summed E-state index contributed by atoms with van der Waals surface area (Å²) in [6.07, 6.45) is 4.93. The Bertz CT molecular complexity index is 1590. The number of aliphatic imine (C=N–C) groups is 1. The van der Waals surface area contributed by atoms with Crippen molar-refractivity contribution >= 4 is 28.7 Å². The van der Waals surface area contributed by atoms with E-state index in [1.807, 2.05) is 42.5 Å². The number of aryl methyl sites for hydroxylation is 2. The smallest absolute Gasteiger partial charge is 0.214 e. The first-order valence-corrected chi connectivity index (χ1v) is 11.9. The van der Waals surface area contributed by atoms with E-state index >= 15 is 0 Å². The Labute approximate surface area is 208 Å². The average Bonchev–Trinajstić information content (AvgIpc) is 3.32. The predicted octanol–water partition coefficient (Wildman–Crippen LogP) is 6.42. The standard InChI is InChI=1S/C30H23ClN2O2/c1-18-16-32-17-26(18)30(34)22-8-10-27(31)21(13-22)7-6-19-4-3-5-20(12-19)24-15-29(35-2)33-28-11-9-23(30)14-25(24)28/h3-5,8-17,34H,1,6-7H2,2H3. The predicted molar refractivity (Wildman–Crippen MR) is 141 cm³/mol. The van der Waals surface area contributed by atoms with Crippen LogP contribution in [0.5, 0.6) is 5.88 Å². The molecule has 6 rings (SSSR count). The van der Waals surface area contributed by atoms with Crippen molar-refractivity contribution in [3.8, 4) is 17.0 Å². The topological polar surface area (TPSA) is 54.7 Å². The van der Waals surface area contributed by atoms with Crippen LogP contribution in [0.3, 0.4) is 0 Å². The van der Waals surface area contributed by atoms with Crippen LogP contribution in [0.4, 0.5) is 0 Å². The molecule has 1 unspecified atom stereocenters. The van der Waals surface area contributed by atoms with E-state index in [1.165, 1.54) is 5.56 Å². The lowest BCUT2D eigenvalue weighted by Gasteiger charge is -2.32. The van der Waals surface area contributed by atoms with Gasteiger partial charge in [0, 0.05) is 34.5 Å². The van der Waals surface area contributed by atoms with Crippen LogP contribution in [-0.2, 0) is 18.4 Å². The molecule has 4 aromatic rings. The number of rotatable bonds is 2. The summed E-state index contributed by atoms with van der Waals surface area (Å²) in [4.78, 5) is 8.96. The van der Waals surface area contributed by atoms with Crippen LogP contribution in [0.25, 0.3) is 22.0 Å². The molecule has 1 N–H and O–H groups in total. The van der Waals surface area contributed by atoms with Gasteiger partial charge in [0.25, 0.3) is 0 Å². The first-order chi connectivity index (χ1) is 17.0. The first kappa shape index (κ1) is 21.8. The zero-order valence-corrected chi connectivity index (χ0v) is 20.0. The zero-order chi connectivity index (χ0) is 24.2. The van der Waals surface area contributed by atoms with E-state index in [1.54, 1.807) is 19.5 Å². The Morgan fingerprint density at radius 2 is 1.83 bits per heavy atom. The highest BCUT2D eigenvalue weighted by Crippen LogP contribution is 2.44. The number of fused-ring (bicyclic) bond motifs is 6. The van der Waals surface area contributed by atoms with Crippen molar-refractivity contribution in [2.45, 2.75) is 18.4 Å². The summed E-state index contributed by atoms with van der Waals surface area (Å²) in [5.74, 6) is 0.545. The summed E-state index contributed by atoms with van der Waals surface area (Å²) >= 11 is 6.62. The molecule has 172 valence electrons. The van der Waals surface area contributed by atoms with Gasteiger partial charge in [0.05, 0.1) is 12.6 Å². The molecule has 0 fully saturated rings. The monoisotopic (exact) mass is 478 g/mol. The maximum atomic E-state index is 12.5. The van der Waals surface area contributed by atoms with E-state index in [-0.39, 0.29) is 0 Å². The number of pyridine rings is 1. The number of halogens is 1. The quantitative estimate of drug-likeness (QED) is 0.361. The molecule has 0 spiro atoms. The molecule has 0 saturated carbocycles. The average molecular weight is 479 g/mol. The van der Waals surface area contributed by atoms with Gasteiger partial charge in [0.15, 0.2) is 0 Å². The van der Waals surface area contributed by atoms with E-state index in [4.69, 9.17) is 16.3 Å². The molecule has 0 radical (unpaired) electrons. The summed E-state index contributed by atoms with van der Waals surface area (Å²) in [6, 6.07) is 22.1. The molecule has 1 aromatic heterocycles. The number of hydrogen-bond acceptors (Lipinski definition) is 4. The van der Waals surface area contributed by atoms with Gasteiger partial charge in [-0.15, -0.1) is 0 Å². The Balaban J connectivity index is 1.72. The summed E-state index contributed by atoms with van der Waals surface area (Å²) in [5.41, 5.74) is 6.33. The van der Waals surface area contributed by atoms with Crippen molar-refractivity contribution in [1.82, 2.24) is 4.98 Å². The number of nitrogens with zero attached hydrogens (tertiary/aromatic N) is 2. The van der Waals surface area contributed by atoms with Gasteiger partial charge in [-0.05, 0) is 70.0 Å². The van der Waals surface area contributed by atoms with Crippen molar-refractivity contribution in [2.24, 2.45) is 4.99 Å². The first-order valence-electron chi connectivity index (χ1n) is 11.5. The van der Waals surface area contributed by atoms with E-state index in [2.05, 4.69) is 40.8 Å². The summed E-state index contributed by atoms with van der Waals surface area (Å²) < 4.78 is 5.52. The van der Waals surface area contributed by atoms with Crippen molar-refractivity contribution in [3.05, 3.63) is 118 Å². The summed E-state index contributed by atoms with van der Waals surface area (Å²) in [5, 5.41) is 14.1. The van der Waals surface area contributed by atoms with Crippen LogP contribution in [-0.4, -0.2) is 23.4 Å². The van der Waals surface area contributed by atoms with Crippen LogP contribution < -0.4 is 4.74 Å². The zero-order valence-electron chi connectivity index (χ0n) is 19.3. The minimum atomic E-state index is -1.47. The van der Waals surface area contributed by atoms with Gasteiger partial charge in [-0.2, -0.15) is 0 Å². The fraction of sp³-hybridized carbons (Fsp3) is 0.133. The molecule has 1 aliphatic carbocycles. The van der Waals surface area contributed by atoms with Gasteiger partial charge in [0.2, 0.25) is 5.88 Å². The maximum Gasteiger partial charge on any atom is 0.214 e. The van der Waals surface area contributed by atoms with Crippen LogP contribution in [0.2, 0.25) is 5.02 Å². The van der Waals surface area contributed by atoms with Gasteiger partial charge in [-0.25, -0.2) is 4.98 Å². The van der Waals surface area contributed by atoms with E-state index in [0.717, 1.165) is 46.0 Å². The van der Waals surface area contributed by atoms with E-state index in [9.17, 15) is 5.11 Å². The highest BCUT2D eigenvalue weighted by molar-refractivity contribution is 6.31. The van der Waals surface area contributed by atoms with Crippen LogP contribution in [0, 0.1) is 0 Å². The highest BCUT2D eigenvalue weighted by Gasteiger charge is 2.39. The maximum absolute atomic E-state index is 12.5. The molecule has 4 nitrogen and oxygen atoms in total. The lowest BCUT2D eigenvalue weighted by molar-refractivity contribution is 0.124. The number of benzene rings is 3. The molecular weight excluding hydrogens is 456 g/mol. The molecule has 5 heteroatoms. The molecule has 0 saturated heterocycles. The van der Waals surface area contributed by atoms with Crippen molar-refractivity contribution in [1.29, 1.82) is 0 Å². The third kappa shape index (κ3) is 3.49. The largest absolute Gasteiger partial charge is 0.481 e. The van der Waals surface area contributed by atoms with Crippen molar-refractivity contribution in [3.63, 3.8) is 0 Å². The van der Waals surface area contributed by atoms with E-state index < -0.39 is 5.60 Å². The Morgan fingerprint density at radius 1 is 1.00 bits per heavy atom. The Hall–Kier alpha value is -3.73. The molecule has 35 heavy (non-hydrogen) atoms. The molecule has 2 heterocycles. The molecule has 3 aromatic carbocycles. The van der Waals surface area contributed by atoms with Gasteiger partial charge >= 0.3 is 0 Å². The second-order valence-corrected chi connectivity index (χ2v) is 9.41. The third-order valence-corrected chi connectivity index (χ3v) is 7.34. The second kappa shape index (κ2) is 8.19. The van der Waals surface area contributed by atoms with Gasteiger partial charge in [0.1, 0.15) is 5.60 Å². The van der Waals surface area contributed by atoms with Crippen LogP contribution in [0.15, 0.2) is 95.6 Å². The van der Waals surface area contributed by atoms with Crippen molar-refractivity contribution in [2.75, 3.05) is 7.11 Å². The number of methoxy groups -OCH3 is 1. The molecular formula is C30H23ClN2O2. The fourth-order valence-corrected chi connectivity index (χ4v) is 5.30. The summed E-state index contributed by atoms with van der Waals surface area (Å²) in [7, 11) is 1.62. The fourth-order valence-electron chi connectivity index (χ4n) is 5.09.